The van der Waals surface area contributed by atoms with E-state index in [9.17, 15) is 13.2 Å². The summed E-state index contributed by atoms with van der Waals surface area (Å²) in [6.45, 7) is 4.41. The van der Waals surface area contributed by atoms with Gasteiger partial charge in [-0.2, -0.15) is 0 Å². The first-order chi connectivity index (χ1) is 12.7. The summed E-state index contributed by atoms with van der Waals surface area (Å²) in [5, 5.41) is 5.12. The second-order valence-corrected chi connectivity index (χ2v) is 7.90. The Bertz CT molecular complexity index is 879. The zero-order valence-corrected chi connectivity index (χ0v) is 16.7. The minimum absolute atomic E-state index is 0.00400. The van der Waals surface area contributed by atoms with Crippen molar-refractivity contribution in [2.75, 3.05) is 13.7 Å². The number of ether oxygens (including phenoxy) is 1. The van der Waals surface area contributed by atoms with Gasteiger partial charge in [-0.25, -0.2) is 13.6 Å². The summed E-state index contributed by atoms with van der Waals surface area (Å²) in [6, 6.07) is 13.8. The molecule has 0 fully saturated rings. The number of benzene rings is 2. The van der Waals surface area contributed by atoms with Gasteiger partial charge >= 0.3 is 0 Å². The summed E-state index contributed by atoms with van der Waals surface area (Å²) in [4.78, 5) is 14.3. The Morgan fingerprint density at radius 1 is 1.15 bits per heavy atom. The van der Waals surface area contributed by atoms with Gasteiger partial charge in [-0.1, -0.05) is 30.3 Å². The normalized spacial score (nSPS) is 12.4. The maximum absolute atomic E-state index is 12.6. The van der Waals surface area contributed by atoms with E-state index in [1.165, 1.54) is 12.1 Å². The highest BCUT2D eigenvalue weighted by Gasteiger charge is 2.18. The van der Waals surface area contributed by atoms with Crippen LogP contribution in [-0.4, -0.2) is 32.9 Å². The standard InChI is InChI=1S/C20H26N2O4S/c1-4-26-19-8-6-5-7-17(19)11-14-20(23)22(3)15(2)16-9-12-18(13-10-16)27(21,24)25/h5-10,12-13,15H,4,11,14H2,1-3H3,(H2,21,24,25). The predicted molar refractivity (Wildman–Crippen MR) is 105 cm³/mol. The third-order valence-electron chi connectivity index (χ3n) is 4.55. The van der Waals surface area contributed by atoms with E-state index < -0.39 is 10.0 Å². The fourth-order valence-electron chi connectivity index (χ4n) is 2.80. The molecule has 0 saturated carbocycles. The molecule has 7 heteroatoms. The molecule has 2 rings (SSSR count). The van der Waals surface area contributed by atoms with Crippen LogP contribution in [0.25, 0.3) is 0 Å². The number of carbonyl (C=O) groups excluding carboxylic acids is 1. The molecule has 0 radical (unpaired) electrons. The molecular formula is C20H26N2O4S. The van der Waals surface area contributed by atoms with Crippen molar-refractivity contribution in [3.63, 3.8) is 0 Å². The topological polar surface area (TPSA) is 89.7 Å². The van der Waals surface area contributed by atoms with Gasteiger partial charge in [0.2, 0.25) is 15.9 Å². The summed E-state index contributed by atoms with van der Waals surface area (Å²) in [6.07, 6.45) is 0.955. The van der Waals surface area contributed by atoms with Crippen LogP contribution < -0.4 is 9.88 Å². The van der Waals surface area contributed by atoms with Gasteiger partial charge in [0.25, 0.3) is 0 Å². The molecule has 146 valence electrons. The molecule has 2 N–H and O–H groups in total. The molecular weight excluding hydrogens is 364 g/mol. The van der Waals surface area contributed by atoms with Gasteiger partial charge in [0, 0.05) is 13.5 Å². The van der Waals surface area contributed by atoms with E-state index in [1.807, 2.05) is 38.1 Å². The second kappa shape index (κ2) is 9.01. The van der Waals surface area contributed by atoms with E-state index in [0.29, 0.717) is 19.4 Å². The summed E-state index contributed by atoms with van der Waals surface area (Å²) < 4.78 is 28.3. The van der Waals surface area contributed by atoms with E-state index in [-0.39, 0.29) is 16.8 Å². The highest BCUT2D eigenvalue weighted by molar-refractivity contribution is 7.89. The largest absolute Gasteiger partial charge is 0.494 e. The first kappa shape index (κ1) is 20.9. The molecule has 1 atom stereocenters. The Morgan fingerprint density at radius 2 is 1.78 bits per heavy atom. The van der Waals surface area contributed by atoms with E-state index in [0.717, 1.165) is 16.9 Å². The lowest BCUT2D eigenvalue weighted by Gasteiger charge is -2.25. The average Bonchev–Trinajstić information content (AvgIpc) is 2.65. The van der Waals surface area contributed by atoms with Crippen molar-refractivity contribution in [1.82, 2.24) is 4.90 Å². The van der Waals surface area contributed by atoms with Crippen LogP contribution in [0.5, 0.6) is 5.75 Å². The van der Waals surface area contributed by atoms with Crippen LogP contribution in [-0.2, 0) is 21.2 Å². The summed E-state index contributed by atoms with van der Waals surface area (Å²) in [5.74, 6) is 0.811. The van der Waals surface area contributed by atoms with Gasteiger partial charge in [-0.15, -0.1) is 0 Å². The van der Waals surface area contributed by atoms with Crippen LogP contribution in [0.2, 0.25) is 0 Å². The Balaban J connectivity index is 2.02. The van der Waals surface area contributed by atoms with Crippen molar-refractivity contribution in [2.24, 2.45) is 5.14 Å². The SMILES string of the molecule is CCOc1ccccc1CCC(=O)N(C)C(C)c1ccc(S(N)(=O)=O)cc1. The Hall–Kier alpha value is -2.38. The number of aryl methyl sites for hydroxylation is 1. The molecule has 0 heterocycles. The van der Waals surface area contributed by atoms with Crippen molar-refractivity contribution < 1.29 is 17.9 Å². The van der Waals surface area contributed by atoms with Crippen LogP contribution >= 0.6 is 0 Å². The lowest BCUT2D eigenvalue weighted by atomic mass is 10.1. The highest BCUT2D eigenvalue weighted by Crippen LogP contribution is 2.23. The maximum atomic E-state index is 12.6. The van der Waals surface area contributed by atoms with Gasteiger partial charge in [0.05, 0.1) is 17.5 Å². The van der Waals surface area contributed by atoms with Gasteiger partial charge in [-0.3, -0.25) is 4.79 Å². The minimum Gasteiger partial charge on any atom is -0.494 e. The molecule has 1 unspecified atom stereocenters. The molecule has 0 aromatic heterocycles. The van der Waals surface area contributed by atoms with Gasteiger partial charge < -0.3 is 9.64 Å². The number of primary sulfonamides is 1. The number of nitrogens with two attached hydrogens (primary N) is 1. The van der Waals surface area contributed by atoms with Crippen LogP contribution in [0, 0.1) is 0 Å². The number of nitrogens with zero attached hydrogens (tertiary/aromatic N) is 1. The Kier molecular flexibility index (Phi) is 6.98. The molecule has 0 bridgehead atoms. The summed E-state index contributed by atoms with van der Waals surface area (Å²) >= 11 is 0. The second-order valence-electron chi connectivity index (χ2n) is 6.34. The van der Waals surface area contributed by atoms with Crippen molar-refractivity contribution in [1.29, 1.82) is 0 Å². The van der Waals surface area contributed by atoms with Crippen LogP contribution in [0.15, 0.2) is 53.4 Å². The van der Waals surface area contributed by atoms with Crippen molar-refractivity contribution in [2.45, 2.75) is 37.6 Å². The lowest BCUT2D eigenvalue weighted by Crippen LogP contribution is -2.29. The number of sulfonamides is 1. The first-order valence-electron chi connectivity index (χ1n) is 8.83. The van der Waals surface area contributed by atoms with E-state index >= 15 is 0 Å². The minimum atomic E-state index is -3.72. The monoisotopic (exact) mass is 390 g/mol. The quantitative estimate of drug-likeness (QED) is 0.750. The third-order valence-corrected chi connectivity index (χ3v) is 5.48. The van der Waals surface area contributed by atoms with Gasteiger partial charge in [0.15, 0.2) is 0 Å². The van der Waals surface area contributed by atoms with Crippen molar-refractivity contribution in [3.8, 4) is 5.75 Å². The predicted octanol–water partition coefficient (Wildman–Crippen LogP) is 2.88. The van der Waals surface area contributed by atoms with Crippen LogP contribution in [0.3, 0.4) is 0 Å². The average molecular weight is 391 g/mol. The van der Waals surface area contributed by atoms with E-state index in [2.05, 4.69) is 0 Å². The number of hydrogen-bond donors (Lipinski definition) is 1. The van der Waals surface area contributed by atoms with Gasteiger partial charge in [0.1, 0.15) is 5.75 Å². The van der Waals surface area contributed by atoms with Crippen LogP contribution in [0.4, 0.5) is 0 Å². The molecule has 1 amide bonds. The molecule has 0 aliphatic heterocycles. The van der Waals surface area contributed by atoms with Crippen molar-refractivity contribution in [3.05, 3.63) is 59.7 Å². The lowest BCUT2D eigenvalue weighted by molar-refractivity contribution is -0.131. The summed E-state index contributed by atoms with van der Waals surface area (Å²) in [7, 11) is -1.98. The zero-order valence-electron chi connectivity index (χ0n) is 15.9. The van der Waals surface area contributed by atoms with Crippen LogP contribution in [0.1, 0.15) is 37.4 Å². The first-order valence-corrected chi connectivity index (χ1v) is 10.4. The number of rotatable bonds is 8. The van der Waals surface area contributed by atoms with E-state index in [4.69, 9.17) is 9.88 Å². The zero-order chi connectivity index (χ0) is 20.0. The molecule has 0 aliphatic carbocycles. The fourth-order valence-corrected chi connectivity index (χ4v) is 3.32. The summed E-state index contributed by atoms with van der Waals surface area (Å²) in [5.41, 5.74) is 1.85. The third kappa shape index (κ3) is 5.55. The van der Waals surface area contributed by atoms with Gasteiger partial charge in [-0.05, 0) is 49.6 Å². The smallest absolute Gasteiger partial charge is 0.238 e. The Labute approximate surface area is 161 Å². The molecule has 2 aromatic rings. The highest BCUT2D eigenvalue weighted by atomic mass is 32.2. The molecule has 6 nitrogen and oxygen atoms in total. The Morgan fingerprint density at radius 3 is 2.37 bits per heavy atom. The number of carbonyl (C=O) groups is 1. The molecule has 2 aromatic carbocycles. The maximum Gasteiger partial charge on any atom is 0.238 e. The fraction of sp³-hybridized carbons (Fsp3) is 0.350. The molecule has 0 spiro atoms. The number of hydrogen-bond acceptors (Lipinski definition) is 4. The molecule has 0 aliphatic rings. The molecule has 0 saturated heterocycles. The number of amides is 1. The number of para-hydroxylation sites is 1. The van der Waals surface area contributed by atoms with E-state index in [1.54, 1.807) is 24.1 Å². The molecule has 27 heavy (non-hydrogen) atoms. The van der Waals surface area contributed by atoms with Crippen molar-refractivity contribution >= 4 is 15.9 Å².